The van der Waals surface area contributed by atoms with E-state index in [2.05, 4.69) is 15.3 Å². The average Bonchev–Trinajstić information content (AvgIpc) is 2.63. The van der Waals surface area contributed by atoms with Gasteiger partial charge >= 0.3 is 0 Å². The first kappa shape index (κ1) is 17.2. The highest BCUT2D eigenvalue weighted by Crippen LogP contribution is 2.43. The third kappa shape index (κ3) is 3.04. The zero-order valence-electron chi connectivity index (χ0n) is 15.0. The van der Waals surface area contributed by atoms with Gasteiger partial charge in [0.05, 0.1) is 12.2 Å². The molecule has 25 heavy (non-hydrogen) atoms. The van der Waals surface area contributed by atoms with Crippen LogP contribution in [0.25, 0.3) is 0 Å². The molecule has 2 N–H and O–H groups in total. The first-order valence-electron chi connectivity index (χ1n) is 8.37. The number of carbonyl (C=O) groups excluding carboxylic acids is 1. The molecule has 1 atom stereocenters. The van der Waals surface area contributed by atoms with E-state index in [0.717, 1.165) is 33.7 Å². The SMILES string of the molecule is Cc1c(C)c2c(c(C)c1O)CCC(C)(C(=O)NCc1ccncn1)O2. The van der Waals surface area contributed by atoms with Crippen LogP contribution in [-0.2, 0) is 17.8 Å². The molecule has 0 aliphatic carbocycles. The zero-order chi connectivity index (χ0) is 18.2. The Morgan fingerprint density at radius 2 is 2.08 bits per heavy atom. The van der Waals surface area contributed by atoms with Crippen LogP contribution in [0, 0.1) is 20.8 Å². The first-order valence-corrected chi connectivity index (χ1v) is 8.37. The number of benzene rings is 1. The quantitative estimate of drug-likeness (QED) is 0.896. The summed E-state index contributed by atoms with van der Waals surface area (Å²) >= 11 is 0. The van der Waals surface area contributed by atoms with Crippen LogP contribution in [0.1, 0.15) is 41.3 Å². The molecule has 3 rings (SSSR count). The molecule has 0 saturated heterocycles. The van der Waals surface area contributed by atoms with Gasteiger partial charge in [-0.2, -0.15) is 0 Å². The molecule has 0 spiro atoms. The van der Waals surface area contributed by atoms with E-state index in [1.807, 2.05) is 27.7 Å². The van der Waals surface area contributed by atoms with Crippen molar-refractivity contribution in [3.05, 3.63) is 46.5 Å². The van der Waals surface area contributed by atoms with Crippen LogP contribution in [0.5, 0.6) is 11.5 Å². The molecule has 0 fully saturated rings. The molecule has 1 unspecified atom stereocenters. The van der Waals surface area contributed by atoms with Crippen LogP contribution in [0.4, 0.5) is 0 Å². The Balaban J connectivity index is 1.82. The summed E-state index contributed by atoms with van der Waals surface area (Å²) in [6, 6.07) is 1.76. The van der Waals surface area contributed by atoms with Gasteiger partial charge in [0.2, 0.25) is 0 Å². The molecular formula is C19H23N3O3. The average molecular weight is 341 g/mol. The van der Waals surface area contributed by atoms with Gasteiger partial charge in [-0.05, 0) is 56.9 Å². The summed E-state index contributed by atoms with van der Waals surface area (Å²) in [7, 11) is 0. The van der Waals surface area contributed by atoms with Gasteiger partial charge in [0, 0.05) is 18.2 Å². The Morgan fingerprint density at radius 3 is 2.76 bits per heavy atom. The minimum atomic E-state index is -0.944. The summed E-state index contributed by atoms with van der Waals surface area (Å²) < 4.78 is 6.16. The fraction of sp³-hybridized carbons (Fsp3) is 0.421. The van der Waals surface area contributed by atoms with Crippen molar-refractivity contribution in [1.82, 2.24) is 15.3 Å². The Labute approximate surface area is 147 Å². The first-order chi connectivity index (χ1) is 11.8. The molecule has 6 heteroatoms. The van der Waals surface area contributed by atoms with E-state index in [-0.39, 0.29) is 5.91 Å². The van der Waals surface area contributed by atoms with E-state index >= 15 is 0 Å². The summed E-state index contributed by atoms with van der Waals surface area (Å²) in [6.45, 7) is 7.81. The van der Waals surface area contributed by atoms with Gasteiger partial charge in [-0.1, -0.05) is 0 Å². The molecule has 2 heterocycles. The summed E-state index contributed by atoms with van der Waals surface area (Å²) in [5.41, 5.74) is 3.30. The van der Waals surface area contributed by atoms with Gasteiger partial charge in [0.25, 0.3) is 5.91 Å². The predicted molar refractivity (Wildman–Crippen MR) is 93.6 cm³/mol. The molecule has 1 aliphatic heterocycles. The van der Waals surface area contributed by atoms with E-state index in [9.17, 15) is 9.90 Å². The third-order valence-corrected chi connectivity index (χ3v) is 5.07. The van der Waals surface area contributed by atoms with Gasteiger partial charge < -0.3 is 15.2 Å². The van der Waals surface area contributed by atoms with Crippen molar-refractivity contribution in [2.45, 2.75) is 52.7 Å². The second-order valence-electron chi connectivity index (χ2n) is 6.75. The minimum absolute atomic E-state index is 0.167. The smallest absolute Gasteiger partial charge is 0.264 e. The number of carbonyl (C=O) groups is 1. The van der Waals surface area contributed by atoms with Crippen LogP contribution in [0.3, 0.4) is 0 Å². The second-order valence-corrected chi connectivity index (χ2v) is 6.75. The topological polar surface area (TPSA) is 84.3 Å². The van der Waals surface area contributed by atoms with E-state index < -0.39 is 5.60 Å². The van der Waals surface area contributed by atoms with Crippen molar-refractivity contribution < 1.29 is 14.6 Å². The number of aromatic hydroxyl groups is 1. The maximum Gasteiger partial charge on any atom is 0.264 e. The lowest BCUT2D eigenvalue weighted by atomic mass is 9.86. The van der Waals surface area contributed by atoms with Crippen LogP contribution >= 0.6 is 0 Å². The fourth-order valence-electron chi connectivity index (χ4n) is 3.19. The largest absolute Gasteiger partial charge is 0.507 e. The summed E-state index contributed by atoms with van der Waals surface area (Å²) in [6.07, 6.45) is 4.34. The maximum atomic E-state index is 12.7. The van der Waals surface area contributed by atoms with Crippen LogP contribution < -0.4 is 10.1 Å². The van der Waals surface area contributed by atoms with Gasteiger partial charge in [-0.15, -0.1) is 0 Å². The molecular weight excluding hydrogens is 318 g/mol. The minimum Gasteiger partial charge on any atom is -0.507 e. The Kier molecular flexibility index (Phi) is 4.37. The number of phenolic OH excluding ortho intramolecular Hbond substituents is 1. The van der Waals surface area contributed by atoms with E-state index in [1.165, 1.54) is 6.33 Å². The molecule has 132 valence electrons. The predicted octanol–water partition coefficient (Wildman–Crippen LogP) is 2.51. The summed E-state index contributed by atoms with van der Waals surface area (Å²) in [5, 5.41) is 13.1. The molecule has 2 aromatic rings. The van der Waals surface area contributed by atoms with Crippen LogP contribution in [0.15, 0.2) is 18.6 Å². The van der Waals surface area contributed by atoms with Crippen molar-refractivity contribution in [1.29, 1.82) is 0 Å². The Hall–Kier alpha value is -2.63. The number of aromatic nitrogens is 2. The molecule has 1 aliphatic rings. The third-order valence-electron chi connectivity index (χ3n) is 5.07. The lowest BCUT2D eigenvalue weighted by molar-refractivity contribution is -0.137. The van der Waals surface area contributed by atoms with Crippen molar-refractivity contribution in [3.63, 3.8) is 0 Å². The highest BCUT2D eigenvalue weighted by atomic mass is 16.5. The second kappa shape index (κ2) is 6.35. The highest BCUT2D eigenvalue weighted by Gasteiger charge is 2.40. The Bertz CT molecular complexity index is 821. The normalized spacial score (nSPS) is 19.0. The molecule has 1 aromatic heterocycles. The number of hydrogen-bond donors (Lipinski definition) is 2. The lowest BCUT2D eigenvalue weighted by Gasteiger charge is -2.36. The molecule has 0 bridgehead atoms. The Morgan fingerprint density at radius 1 is 1.32 bits per heavy atom. The number of amides is 1. The number of nitrogens with zero attached hydrogens (tertiary/aromatic N) is 2. The van der Waals surface area contributed by atoms with E-state index in [4.69, 9.17) is 4.74 Å². The molecule has 1 amide bonds. The molecule has 0 radical (unpaired) electrons. The van der Waals surface area contributed by atoms with Gasteiger partial charge in [0.15, 0.2) is 5.60 Å². The van der Waals surface area contributed by atoms with E-state index in [0.29, 0.717) is 25.1 Å². The van der Waals surface area contributed by atoms with Crippen molar-refractivity contribution in [2.24, 2.45) is 0 Å². The summed E-state index contributed by atoms with van der Waals surface area (Å²) in [4.78, 5) is 20.7. The monoisotopic (exact) mass is 341 g/mol. The van der Waals surface area contributed by atoms with Crippen molar-refractivity contribution in [3.8, 4) is 11.5 Å². The standard InChI is InChI=1S/C19H23N3O3/c1-11-12(2)17-15(13(3)16(11)23)5-7-19(4,25-17)18(24)21-9-14-6-8-20-10-22-14/h6,8,10,23H,5,7,9H2,1-4H3,(H,21,24). The highest BCUT2D eigenvalue weighted by molar-refractivity contribution is 5.85. The fourth-order valence-corrected chi connectivity index (χ4v) is 3.19. The molecule has 0 saturated carbocycles. The van der Waals surface area contributed by atoms with Crippen molar-refractivity contribution >= 4 is 5.91 Å². The van der Waals surface area contributed by atoms with Crippen LogP contribution in [-0.4, -0.2) is 26.6 Å². The van der Waals surface area contributed by atoms with Crippen molar-refractivity contribution in [2.75, 3.05) is 0 Å². The number of ether oxygens (including phenoxy) is 1. The summed E-state index contributed by atoms with van der Waals surface area (Å²) in [5.74, 6) is 0.870. The van der Waals surface area contributed by atoms with Gasteiger partial charge in [0.1, 0.15) is 17.8 Å². The van der Waals surface area contributed by atoms with E-state index in [1.54, 1.807) is 12.3 Å². The number of phenols is 1. The molecule has 1 aromatic carbocycles. The maximum absolute atomic E-state index is 12.7. The molecule has 6 nitrogen and oxygen atoms in total. The number of fused-ring (bicyclic) bond motifs is 1. The zero-order valence-corrected chi connectivity index (χ0v) is 15.0. The lowest BCUT2D eigenvalue weighted by Crippen LogP contribution is -2.50. The number of nitrogens with one attached hydrogen (secondary N) is 1. The van der Waals surface area contributed by atoms with Gasteiger partial charge in [-0.25, -0.2) is 9.97 Å². The van der Waals surface area contributed by atoms with Crippen LogP contribution in [0.2, 0.25) is 0 Å². The van der Waals surface area contributed by atoms with Gasteiger partial charge in [-0.3, -0.25) is 4.79 Å². The number of hydrogen-bond acceptors (Lipinski definition) is 5. The number of rotatable bonds is 3.